The number of hydrogen-bond donors (Lipinski definition) is 1. The molecule has 0 spiro atoms. The lowest BCUT2D eigenvalue weighted by atomic mass is 10.1. The molecule has 2 aromatic rings. The van der Waals surface area contributed by atoms with Crippen LogP contribution >= 0.6 is 11.3 Å². The molecule has 0 amide bonds. The molecule has 0 bridgehead atoms. The zero-order valence-corrected chi connectivity index (χ0v) is 13.5. The third kappa shape index (κ3) is 3.48. The summed E-state index contributed by atoms with van der Waals surface area (Å²) < 4.78 is 1.39. The molecular formula is C17H24N2S. The zero-order chi connectivity index (χ0) is 14.5. The van der Waals surface area contributed by atoms with Gasteiger partial charge in [-0.1, -0.05) is 37.3 Å². The van der Waals surface area contributed by atoms with Gasteiger partial charge in [0.25, 0.3) is 0 Å². The number of rotatable bonds is 7. The molecule has 1 heterocycles. The van der Waals surface area contributed by atoms with Crippen molar-refractivity contribution in [2.45, 2.75) is 26.9 Å². The molecule has 0 radical (unpaired) electrons. The normalized spacial score (nSPS) is 11.4. The van der Waals surface area contributed by atoms with Crippen LogP contribution in [0.2, 0.25) is 0 Å². The van der Waals surface area contributed by atoms with Crippen molar-refractivity contribution in [1.29, 1.82) is 0 Å². The van der Waals surface area contributed by atoms with Gasteiger partial charge in [0, 0.05) is 29.2 Å². The average molecular weight is 288 g/mol. The monoisotopic (exact) mass is 288 g/mol. The van der Waals surface area contributed by atoms with E-state index in [0.717, 1.165) is 26.2 Å². The van der Waals surface area contributed by atoms with Gasteiger partial charge in [-0.15, -0.1) is 11.3 Å². The zero-order valence-electron chi connectivity index (χ0n) is 12.7. The van der Waals surface area contributed by atoms with E-state index in [2.05, 4.69) is 54.9 Å². The molecule has 1 aromatic heterocycles. The summed E-state index contributed by atoms with van der Waals surface area (Å²) in [6, 6.07) is 8.72. The molecule has 0 atom stereocenters. The number of likely N-dealkylation sites (N-methyl/N-ethyl adjacent to an activating group) is 1. The Kier molecular flexibility index (Phi) is 5.35. The molecule has 0 saturated carbocycles. The molecule has 2 rings (SSSR count). The van der Waals surface area contributed by atoms with Crippen LogP contribution in [-0.4, -0.2) is 25.0 Å². The highest BCUT2D eigenvalue weighted by molar-refractivity contribution is 7.19. The third-order valence-electron chi connectivity index (χ3n) is 3.44. The van der Waals surface area contributed by atoms with E-state index in [-0.39, 0.29) is 0 Å². The minimum Gasteiger partial charge on any atom is -0.315 e. The van der Waals surface area contributed by atoms with Crippen LogP contribution in [0, 0.1) is 0 Å². The van der Waals surface area contributed by atoms with Gasteiger partial charge < -0.3 is 5.32 Å². The van der Waals surface area contributed by atoms with Gasteiger partial charge in [0.05, 0.1) is 0 Å². The second kappa shape index (κ2) is 7.02. The second-order valence-corrected chi connectivity index (χ2v) is 6.43. The predicted octanol–water partition coefficient (Wildman–Crippen LogP) is 4.02. The fourth-order valence-electron chi connectivity index (χ4n) is 2.51. The summed E-state index contributed by atoms with van der Waals surface area (Å²) in [6.07, 6.45) is 0. The number of nitrogens with one attached hydrogen (secondary N) is 1. The first kappa shape index (κ1) is 15.2. The van der Waals surface area contributed by atoms with Crippen molar-refractivity contribution in [3.8, 4) is 0 Å². The van der Waals surface area contributed by atoms with Crippen LogP contribution in [0.25, 0.3) is 10.1 Å². The Morgan fingerprint density at radius 2 is 2.10 bits per heavy atom. The van der Waals surface area contributed by atoms with Gasteiger partial charge in [0.15, 0.2) is 0 Å². The maximum absolute atomic E-state index is 4.04. The van der Waals surface area contributed by atoms with Crippen LogP contribution in [0.5, 0.6) is 0 Å². The Balaban J connectivity index is 2.34. The Morgan fingerprint density at radius 1 is 1.35 bits per heavy atom. The van der Waals surface area contributed by atoms with E-state index in [9.17, 15) is 0 Å². The average Bonchev–Trinajstić information content (AvgIpc) is 2.76. The van der Waals surface area contributed by atoms with Crippen molar-refractivity contribution in [2.75, 3.05) is 20.1 Å². The molecular weight excluding hydrogens is 264 g/mol. The smallest absolute Gasteiger partial charge is 0.0349 e. The summed E-state index contributed by atoms with van der Waals surface area (Å²) in [5.41, 5.74) is 2.70. The summed E-state index contributed by atoms with van der Waals surface area (Å²) in [5.74, 6) is 0. The largest absolute Gasteiger partial charge is 0.315 e. The second-order valence-electron chi connectivity index (χ2n) is 5.29. The SMILES string of the molecule is C=C(C)CN(CC)Cc1c(CNC)sc2ccccc12. The van der Waals surface area contributed by atoms with E-state index in [1.807, 2.05) is 18.4 Å². The van der Waals surface area contributed by atoms with Gasteiger partial charge in [0.1, 0.15) is 0 Å². The first-order valence-corrected chi connectivity index (χ1v) is 7.98. The Morgan fingerprint density at radius 3 is 2.75 bits per heavy atom. The highest BCUT2D eigenvalue weighted by Gasteiger charge is 2.14. The van der Waals surface area contributed by atoms with E-state index in [4.69, 9.17) is 0 Å². The van der Waals surface area contributed by atoms with Gasteiger partial charge in [0.2, 0.25) is 0 Å². The van der Waals surface area contributed by atoms with Crippen LogP contribution in [0.3, 0.4) is 0 Å². The molecule has 108 valence electrons. The van der Waals surface area contributed by atoms with E-state index in [0.29, 0.717) is 0 Å². The summed E-state index contributed by atoms with van der Waals surface area (Å²) in [5, 5.41) is 4.70. The Hall–Kier alpha value is -1.16. The van der Waals surface area contributed by atoms with E-state index < -0.39 is 0 Å². The maximum Gasteiger partial charge on any atom is 0.0349 e. The number of fused-ring (bicyclic) bond motifs is 1. The standard InChI is InChI=1S/C17H24N2S/c1-5-19(11-13(2)3)12-15-14-8-6-7-9-16(14)20-17(15)10-18-4/h6-9,18H,2,5,10-12H2,1,3-4H3. The van der Waals surface area contributed by atoms with E-state index in [1.54, 1.807) is 0 Å². The van der Waals surface area contributed by atoms with Gasteiger partial charge in [-0.05, 0) is 37.5 Å². The van der Waals surface area contributed by atoms with Crippen molar-refractivity contribution < 1.29 is 0 Å². The fourth-order valence-corrected chi connectivity index (χ4v) is 3.74. The summed E-state index contributed by atoms with van der Waals surface area (Å²) in [7, 11) is 2.01. The molecule has 0 saturated heterocycles. The molecule has 0 aliphatic carbocycles. The first-order chi connectivity index (χ1) is 9.65. The quantitative estimate of drug-likeness (QED) is 0.774. The van der Waals surface area contributed by atoms with Gasteiger partial charge in [-0.25, -0.2) is 0 Å². The summed E-state index contributed by atoms with van der Waals surface area (Å²) >= 11 is 1.91. The molecule has 0 unspecified atom stereocenters. The molecule has 20 heavy (non-hydrogen) atoms. The topological polar surface area (TPSA) is 15.3 Å². The van der Waals surface area contributed by atoms with Crippen molar-refractivity contribution in [2.24, 2.45) is 0 Å². The Labute approximate surface area is 126 Å². The molecule has 3 heteroatoms. The third-order valence-corrected chi connectivity index (χ3v) is 4.65. The molecule has 0 aliphatic rings. The summed E-state index contributed by atoms with van der Waals surface area (Å²) in [6.45, 7) is 12.3. The minimum absolute atomic E-state index is 0.944. The van der Waals surface area contributed by atoms with Crippen molar-refractivity contribution in [3.63, 3.8) is 0 Å². The van der Waals surface area contributed by atoms with Gasteiger partial charge >= 0.3 is 0 Å². The van der Waals surface area contributed by atoms with Crippen molar-refractivity contribution in [3.05, 3.63) is 46.9 Å². The first-order valence-electron chi connectivity index (χ1n) is 7.16. The van der Waals surface area contributed by atoms with Crippen LogP contribution < -0.4 is 5.32 Å². The molecule has 2 nitrogen and oxygen atoms in total. The molecule has 0 aliphatic heterocycles. The predicted molar refractivity (Wildman–Crippen MR) is 90.4 cm³/mol. The number of benzene rings is 1. The van der Waals surface area contributed by atoms with Crippen LogP contribution in [0.15, 0.2) is 36.4 Å². The number of hydrogen-bond acceptors (Lipinski definition) is 3. The highest BCUT2D eigenvalue weighted by Crippen LogP contribution is 2.32. The number of thiophene rings is 1. The van der Waals surface area contributed by atoms with E-state index >= 15 is 0 Å². The fraction of sp³-hybridized carbons (Fsp3) is 0.412. The van der Waals surface area contributed by atoms with E-state index in [1.165, 1.54) is 26.1 Å². The molecule has 1 aromatic carbocycles. The van der Waals surface area contributed by atoms with Gasteiger partial charge in [-0.3, -0.25) is 4.90 Å². The molecule has 1 N–H and O–H groups in total. The maximum atomic E-state index is 4.04. The lowest BCUT2D eigenvalue weighted by Gasteiger charge is -2.21. The van der Waals surface area contributed by atoms with Crippen molar-refractivity contribution >= 4 is 21.4 Å². The highest BCUT2D eigenvalue weighted by atomic mass is 32.1. The lowest BCUT2D eigenvalue weighted by molar-refractivity contribution is 0.305. The van der Waals surface area contributed by atoms with Crippen LogP contribution in [0.4, 0.5) is 0 Å². The van der Waals surface area contributed by atoms with Crippen LogP contribution in [0.1, 0.15) is 24.3 Å². The van der Waals surface area contributed by atoms with Gasteiger partial charge in [-0.2, -0.15) is 0 Å². The summed E-state index contributed by atoms with van der Waals surface area (Å²) in [4.78, 5) is 3.91. The van der Waals surface area contributed by atoms with Crippen LogP contribution in [-0.2, 0) is 13.1 Å². The Bertz CT molecular complexity index is 586. The minimum atomic E-state index is 0.944. The van der Waals surface area contributed by atoms with Crippen molar-refractivity contribution in [1.82, 2.24) is 10.2 Å². The lowest BCUT2D eigenvalue weighted by Crippen LogP contribution is -2.25. The molecule has 0 fully saturated rings. The number of nitrogens with zero attached hydrogens (tertiary/aromatic N) is 1.